The molecule has 0 spiro atoms. The second-order valence-electron chi connectivity index (χ2n) is 8.59. The molecule has 0 fully saturated rings. The van der Waals surface area contributed by atoms with Crippen LogP contribution in [0.2, 0.25) is 0 Å². The van der Waals surface area contributed by atoms with Gasteiger partial charge in [-0.3, -0.25) is 14.6 Å². The number of hydrogen-bond donors (Lipinski definition) is 0. The number of hydrogen-bond acceptors (Lipinski definition) is 7. The molecule has 176 valence electrons. The average molecular weight is 477 g/mol. The van der Waals surface area contributed by atoms with Gasteiger partial charge in [-0.05, 0) is 59.7 Å². The molecular formula is C29H19NO6. The number of ether oxygens (including phenoxy) is 3. The molecule has 2 aliphatic rings. The zero-order valence-corrected chi connectivity index (χ0v) is 19.2. The van der Waals surface area contributed by atoms with Gasteiger partial charge in [0.25, 0.3) is 0 Å². The first-order chi connectivity index (χ1) is 17.5. The number of allylic oxidation sites excluding steroid dienone is 1. The van der Waals surface area contributed by atoms with Crippen molar-refractivity contribution in [2.75, 3.05) is 7.11 Å². The summed E-state index contributed by atoms with van der Waals surface area (Å²) in [5.74, 6) is -0.439. The minimum Gasteiger partial charge on any atom is -0.465 e. The quantitative estimate of drug-likeness (QED) is 0.231. The normalized spacial score (nSPS) is 17.4. The lowest BCUT2D eigenvalue weighted by molar-refractivity contribution is -0.135. The molecule has 3 aromatic carbocycles. The van der Waals surface area contributed by atoms with Crippen molar-refractivity contribution in [1.29, 1.82) is 0 Å². The molecule has 0 saturated carbocycles. The van der Waals surface area contributed by atoms with Crippen LogP contribution >= 0.6 is 0 Å². The lowest BCUT2D eigenvalue weighted by Crippen LogP contribution is -2.21. The molecule has 36 heavy (non-hydrogen) atoms. The third-order valence-corrected chi connectivity index (χ3v) is 6.44. The van der Waals surface area contributed by atoms with Gasteiger partial charge in [0.1, 0.15) is 11.5 Å². The molecular weight excluding hydrogens is 458 g/mol. The van der Waals surface area contributed by atoms with Crippen LogP contribution in [-0.2, 0) is 9.53 Å². The Bertz CT molecular complexity index is 1600. The van der Waals surface area contributed by atoms with Gasteiger partial charge in [0, 0.05) is 23.1 Å². The van der Waals surface area contributed by atoms with E-state index in [0.717, 1.165) is 16.5 Å². The Morgan fingerprint density at radius 1 is 1.03 bits per heavy atom. The van der Waals surface area contributed by atoms with E-state index < -0.39 is 5.97 Å². The Labute approximate surface area is 205 Å². The summed E-state index contributed by atoms with van der Waals surface area (Å²) in [6.45, 7) is 0. The first-order valence-electron chi connectivity index (χ1n) is 11.4. The maximum atomic E-state index is 13.2. The number of carbonyl (C=O) groups is 3. The number of nitrogens with zero attached hydrogens (tertiary/aromatic N) is 1. The van der Waals surface area contributed by atoms with Crippen molar-refractivity contribution in [3.8, 4) is 11.5 Å². The molecule has 0 aliphatic carbocycles. The minimum absolute atomic E-state index is 0.126. The van der Waals surface area contributed by atoms with Crippen molar-refractivity contribution in [1.82, 2.24) is 4.98 Å². The maximum absolute atomic E-state index is 13.2. The summed E-state index contributed by atoms with van der Waals surface area (Å²) < 4.78 is 16.4. The molecule has 7 nitrogen and oxygen atoms in total. The summed E-state index contributed by atoms with van der Waals surface area (Å²) in [5, 5.41) is 0.955. The molecule has 4 aromatic rings. The van der Waals surface area contributed by atoms with Gasteiger partial charge in [0.2, 0.25) is 5.78 Å². The zero-order chi connectivity index (χ0) is 24.8. The summed E-state index contributed by atoms with van der Waals surface area (Å²) in [5.41, 5.74) is 3.95. The van der Waals surface area contributed by atoms with E-state index in [1.807, 2.05) is 30.3 Å². The van der Waals surface area contributed by atoms with E-state index in [1.165, 1.54) is 7.11 Å². The average Bonchev–Trinajstić information content (AvgIpc) is 3.22. The van der Waals surface area contributed by atoms with Gasteiger partial charge < -0.3 is 14.2 Å². The highest BCUT2D eigenvalue weighted by molar-refractivity contribution is 6.15. The number of carbonyl (C=O) groups excluding carboxylic acids is 3. The molecule has 0 N–H and O–H groups in total. The van der Waals surface area contributed by atoms with Gasteiger partial charge in [-0.25, -0.2) is 4.79 Å². The molecule has 0 amide bonds. The van der Waals surface area contributed by atoms with E-state index in [0.29, 0.717) is 33.8 Å². The fourth-order valence-corrected chi connectivity index (χ4v) is 4.69. The number of fused-ring (bicyclic) bond motifs is 4. The lowest BCUT2D eigenvalue weighted by atomic mass is 9.84. The Balaban J connectivity index is 1.40. The molecule has 1 aromatic heterocycles. The fraction of sp³-hybridized carbons (Fsp3) is 0.103. The largest absolute Gasteiger partial charge is 0.465 e. The highest BCUT2D eigenvalue weighted by Crippen LogP contribution is 2.49. The summed E-state index contributed by atoms with van der Waals surface area (Å²) in [7, 11) is 1.32. The third-order valence-electron chi connectivity index (χ3n) is 6.44. The summed E-state index contributed by atoms with van der Waals surface area (Å²) >= 11 is 0. The number of pyridine rings is 1. The van der Waals surface area contributed by atoms with Crippen molar-refractivity contribution >= 4 is 34.7 Å². The number of ketones is 1. The van der Waals surface area contributed by atoms with E-state index in [9.17, 15) is 14.4 Å². The van der Waals surface area contributed by atoms with Crippen molar-refractivity contribution < 1.29 is 28.6 Å². The minimum atomic E-state index is -0.438. The molecule has 7 heteroatoms. The maximum Gasteiger partial charge on any atom is 0.337 e. The summed E-state index contributed by atoms with van der Waals surface area (Å²) in [4.78, 5) is 41.7. The van der Waals surface area contributed by atoms with Crippen LogP contribution < -0.4 is 9.47 Å². The fourth-order valence-electron chi connectivity index (χ4n) is 4.69. The molecule has 2 aliphatic heterocycles. The SMILES string of the molecule is COC(=O)c1ccc(C=C2Oc3c(ccc4c3C(c3ccc5ncccc5c3)CC(=O)O4)C2=O)cc1. The standard InChI is InChI=1S/C29H19NO6/c1-34-29(33)17-6-4-16(5-7-17)13-24-27(32)20-9-11-23-26(28(20)36-24)21(15-25(31)35-23)18-8-10-22-19(14-18)3-2-12-30-22/h2-14,21H,15H2,1H3. The predicted octanol–water partition coefficient (Wildman–Crippen LogP) is 5.08. The summed E-state index contributed by atoms with van der Waals surface area (Å²) in [6.07, 6.45) is 3.49. The topological polar surface area (TPSA) is 91.8 Å². The number of aromatic nitrogens is 1. The third kappa shape index (κ3) is 3.62. The first-order valence-corrected chi connectivity index (χ1v) is 11.4. The predicted molar refractivity (Wildman–Crippen MR) is 131 cm³/mol. The molecule has 1 atom stereocenters. The smallest absolute Gasteiger partial charge is 0.337 e. The number of esters is 2. The molecule has 0 saturated heterocycles. The lowest BCUT2D eigenvalue weighted by Gasteiger charge is -2.26. The highest BCUT2D eigenvalue weighted by Gasteiger charge is 2.38. The van der Waals surface area contributed by atoms with Gasteiger partial charge >= 0.3 is 11.9 Å². The number of benzene rings is 3. The van der Waals surface area contributed by atoms with Crippen molar-refractivity contribution in [3.63, 3.8) is 0 Å². The first kappa shape index (κ1) is 21.7. The van der Waals surface area contributed by atoms with Crippen LogP contribution in [0.4, 0.5) is 0 Å². The number of rotatable bonds is 3. The van der Waals surface area contributed by atoms with Crippen molar-refractivity contribution in [2.45, 2.75) is 12.3 Å². The Kier molecular flexibility index (Phi) is 5.11. The zero-order valence-electron chi connectivity index (χ0n) is 19.2. The van der Waals surface area contributed by atoms with Crippen LogP contribution in [0.1, 0.15) is 49.7 Å². The van der Waals surface area contributed by atoms with E-state index >= 15 is 0 Å². The molecule has 3 heterocycles. The molecule has 0 bridgehead atoms. The highest BCUT2D eigenvalue weighted by atomic mass is 16.5. The van der Waals surface area contributed by atoms with Crippen molar-refractivity contribution in [2.24, 2.45) is 0 Å². The number of methoxy groups -OCH3 is 1. The Morgan fingerprint density at radius 2 is 1.86 bits per heavy atom. The Hall–Kier alpha value is -4.78. The molecule has 6 rings (SSSR count). The molecule has 1 unspecified atom stereocenters. The van der Waals surface area contributed by atoms with Gasteiger partial charge in [-0.15, -0.1) is 0 Å². The van der Waals surface area contributed by atoms with Gasteiger partial charge in [-0.2, -0.15) is 0 Å². The van der Waals surface area contributed by atoms with Gasteiger partial charge in [0.15, 0.2) is 5.76 Å². The van der Waals surface area contributed by atoms with E-state index in [2.05, 4.69) is 4.98 Å². The van der Waals surface area contributed by atoms with Crippen LogP contribution in [0.25, 0.3) is 17.0 Å². The van der Waals surface area contributed by atoms with Crippen LogP contribution in [0.3, 0.4) is 0 Å². The van der Waals surface area contributed by atoms with Gasteiger partial charge in [-0.1, -0.05) is 24.3 Å². The van der Waals surface area contributed by atoms with E-state index in [4.69, 9.17) is 14.2 Å². The monoisotopic (exact) mass is 477 g/mol. The van der Waals surface area contributed by atoms with Gasteiger partial charge in [0.05, 0.1) is 30.2 Å². The van der Waals surface area contributed by atoms with Crippen LogP contribution in [0, 0.1) is 0 Å². The van der Waals surface area contributed by atoms with Crippen LogP contribution in [0.5, 0.6) is 11.5 Å². The Morgan fingerprint density at radius 3 is 2.67 bits per heavy atom. The molecule has 0 radical (unpaired) electrons. The second-order valence-corrected chi connectivity index (χ2v) is 8.59. The van der Waals surface area contributed by atoms with Crippen molar-refractivity contribution in [3.05, 3.63) is 107 Å². The van der Waals surface area contributed by atoms with E-state index in [1.54, 1.807) is 48.7 Å². The summed E-state index contributed by atoms with van der Waals surface area (Å²) in [6, 6.07) is 19.6. The van der Waals surface area contributed by atoms with Crippen LogP contribution in [0.15, 0.2) is 78.7 Å². The van der Waals surface area contributed by atoms with Crippen LogP contribution in [-0.4, -0.2) is 29.8 Å². The number of Topliss-reactive ketones (excluding diaryl/α,β-unsaturated/α-hetero) is 1. The second kappa shape index (κ2) is 8.46. The van der Waals surface area contributed by atoms with E-state index in [-0.39, 0.29) is 29.9 Å².